The van der Waals surface area contributed by atoms with Crippen molar-refractivity contribution < 1.29 is 9.53 Å². The number of hydrogen-bond acceptors (Lipinski definition) is 5. The normalized spacial score (nSPS) is 13.6. The van der Waals surface area contributed by atoms with Crippen molar-refractivity contribution in [3.63, 3.8) is 0 Å². The highest BCUT2D eigenvalue weighted by Crippen LogP contribution is 2.20. The highest BCUT2D eigenvalue weighted by molar-refractivity contribution is 5.92. The third kappa shape index (κ3) is 5.55. The van der Waals surface area contributed by atoms with Crippen LogP contribution < -0.4 is 15.4 Å². The lowest BCUT2D eigenvalue weighted by atomic mass is 9.97. The minimum absolute atomic E-state index is 0.165. The predicted molar refractivity (Wildman–Crippen MR) is 111 cm³/mol. The minimum Gasteiger partial charge on any atom is -0.496 e. The van der Waals surface area contributed by atoms with Gasteiger partial charge in [-0.25, -0.2) is 9.97 Å². The zero-order valence-electron chi connectivity index (χ0n) is 16.6. The van der Waals surface area contributed by atoms with Gasteiger partial charge in [0.25, 0.3) is 5.91 Å². The van der Waals surface area contributed by atoms with E-state index < -0.39 is 0 Å². The van der Waals surface area contributed by atoms with Gasteiger partial charge in [0.05, 0.1) is 7.11 Å². The van der Waals surface area contributed by atoms with Gasteiger partial charge in [0.2, 0.25) is 5.95 Å². The maximum Gasteiger partial charge on any atom is 0.270 e. The Bertz CT molecular complexity index is 848. The summed E-state index contributed by atoms with van der Waals surface area (Å²) in [7, 11) is 1.65. The molecule has 28 heavy (non-hydrogen) atoms. The summed E-state index contributed by atoms with van der Waals surface area (Å²) in [5, 5.41) is 6.16. The summed E-state index contributed by atoms with van der Waals surface area (Å²) in [5.74, 6) is 1.07. The van der Waals surface area contributed by atoms with E-state index >= 15 is 0 Å². The van der Waals surface area contributed by atoms with Crippen molar-refractivity contribution in [2.45, 2.75) is 45.6 Å². The molecule has 2 aromatic rings. The van der Waals surface area contributed by atoms with Crippen LogP contribution in [0.25, 0.3) is 0 Å². The maximum absolute atomic E-state index is 12.5. The van der Waals surface area contributed by atoms with E-state index in [2.05, 4.69) is 26.7 Å². The summed E-state index contributed by atoms with van der Waals surface area (Å²) in [6.07, 6.45) is 8.07. The summed E-state index contributed by atoms with van der Waals surface area (Å²) in [6.45, 7) is 3.01. The number of aromatic nitrogens is 2. The third-order valence-electron chi connectivity index (χ3n) is 4.83. The van der Waals surface area contributed by atoms with Gasteiger partial charge in [-0.3, -0.25) is 4.79 Å². The molecule has 1 aromatic carbocycles. The molecule has 0 radical (unpaired) electrons. The number of nitrogens with zero attached hydrogens (tertiary/aromatic N) is 2. The lowest BCUT2D eigenvalue weighted by Gasteiger charge is -2.13. The highest BCUT2D eigenvalue weighted by atomic mass is 16.5. The first-order valence-electron chi connectivity index (χ1n) is 9.83. The van der Waals surface area contributed by atoms with E-state index in [1.54, 1.807) is 13.2 Å². The predicted octanol–water partition coefficient (Wildman–Crippen LogP) is 4.03. The highest BCUT2D eigenvalue weighted by Gasteiger charge is 2.12. The van der Waals surface area contributed by atoms with E-state index in [0.717, 1.165) is 36.3 Å². The molecular weight excluding hydrogens is 352 g/mol. The third-order valence-corrected chi connectivity index (χ3v) is 4.83. The second kappa shape index (κ2) is 9.88. The molecule has 0 unspecified atom stereocenters. The van der Waals surface area contributed by atoms with Crippen molar-refractivity contribution in [1.29, 1.82) is 0 Å². The summed E-state index contributed by atoms with van der Waals surface area (Å²) in [5.41, 5.74) is 3.58. The van der Waals surface area contributed by atoms with Crippen molar-refractivity contribution in [3.8, 4) is 5.75 Å². The van der Waals surface area contributed by atoms with Gasteiger partial charge in [-0.1, -0.05) is 29.8 Å². The van der Waals surface area contributed by atoms with Gasteiger partial charge in [-0.05, 0) is 51.2 Å². The molecule has 1 aliphatic rings. The lowest BCUT2D eigenvalue weighted by Crippen LogP contribution is -2.26. The molecule has 2 N–H and O–H groups in total. The Labute approximate surface area is 166 Å². The van der Waals surface area contributed by atoms with Crippen LogP contribution in [0, 0.1) is 6.92 Å². The first-order chi connectivity index (χ1) is 13.7. The van der Waals surface area contributed by atoms with Gasteiger partial charge in [-0.2, -0.15) is 0 Å². The fourth-order valence-electron chi connectivity index (χ4n) is 3.35. The molecule has 3 rings (SSSR count). The largest absolute Gasteiger partial charge is 0.496 e. The van der Waals surface area contributed by atoms with Crippen LogP contribution >= 0.6 is 0 Å². The number of anilines is 1. The summed E-state index contributed by atoms with van der Waals surface area (Å²) in [6, 6.07) is 9.49. The van der Waals surface area contributed by atoms with E-state index in [1.807, 2.05) is 31.2 Å². The molecule has 6 heteroatoms. The molecule has 1 amide bonds. The van der Waals surface area contributed by atoms with Gasteiger partial charge in [-0.15, -0.1) is 0 Å². The minimum atomic E-state index is -0.165. The Morgan fingerprint density at radius 2 is 2.07 bits per heavy atom. The number of hydrogen-bond donors (Lipinski definition) is 2. The van der Waals surface area contributed by atoms with Crippen molar-refractivity contribution in [1.82, 2.24) is 15.3 Å². The quantitative estimate of drug-likeness (QED) is 0.676. The van der Waals surface area contributed by atoms with Crippen LogP contribution in [-0.4, -0.2) is 29.5 Å². The molecule has 148 valence electrons. The first kappa shape index (κ1) is 19.9. The maximum atomic E-state index is 12.5. The van der Waals surface area contributed by atoms with Crippen LogP contribution in [0.4, 0.5) is 5.95 Å². The van der Waals surface area contributed by atoms with E-state index in [9.17, 15) is 4.79 Å². The average Bonchev–Trinajstić information content (AvgIpc) is 2.72. The Morgan fingerprint density at radius 3 is 2.86 bits per heavy atom. The number of carbonyl (C=O) groups excluding carboxylic acids is 1. The molecule has 0 saturated heterocycles. The van der Waals surface area contributed by atoms with Crippen LogP contribution in [0.5, 0.6) is 5.75 Å². The molecule has 6 nitrogen and oxygen atoms in total. The van der Waals surface area contributed by atoms with E-state index in [0.29, 0.717) is 24.7 Å². The molecule has 0 bridgehead atoms. The van der Waals surface area contributed by atoms with Crippen LogP contribution in [0.3, 0.4) is 0 Å². The number of allylic oxidation sites excluding steroid dienone is 1. The number of para-hydroxylation sites is 1. The SMILES string of the molecule is COc1ccccc1CNc1nc(C)cc(C(=O)NCCC2=CCCCC2)n1. The van der Waals surface area contributed by atoms with Gasteiger partial charge >= 0.3 is 0 Å². The smallest absolute Gasteiger partial charge is 0.270 e. The zero-order valence-corrected chi connectivity index (χ0v) is 16.6. The van der Waals surface area contributed by atoms with Crippen LogP contribution in [0.2, 0.25) is 0 Å². The van der Waals surface area contributed by atoms with Crippen LogP contribution in [0.1, 0.15) is 53.8 Å². The fraction of sp³-hybridized carbons (Fsp3) is 0.409. The Balaban J connectivity index is 1.58. The first-order valence-corrected chi connectivity index (χ1v) is 9.83. The van der Waals surface area contributed by atoms with Gasteiger partial charge in [0.15, 0.2) is 0 Å². The average molecular weight is 380 g/mol. The van der Waals surface area contributed by atoms with Crippen molar-refractivity contribution in [2.24, 2.45) is 0 Å². The number of benzene rings is 1. The van der Waals surface area contributed by atoms with E-state index in [4.69, 9.17) is 4.74 Å². The van der Waals surface area contributed by atoms with Gasteiger partial charge in [0, 0.05) is 24.3 Å². The Morgan fingerprint density at radius 1 is 1.21 bits per heavy atom. The number of amides is 1. The molecule has 0 saturated carbocycles. The van der Waals surface area contributed by atoms with Crippen molar-refractivity contribution in [2.75, 3.05) is 19.0 Å². The van der Waals surface area contributed by atoms with Crippen molar-refractivity contribution in [3.05, 3.63) is 58.9 Å². The van der Waals surface area contributed by atoms with Gasteiger partial charge in [0.1, 0.15) is 11.4 Å². The molecule has 0 spiro atoms. The second-order valence-corrected chi connectivity index (χ2v) is 7.00. The summed E-state index contributed by atoms with van der Waals surface area (Å²) < 4.78 is 5.36. The number of methoxy groups -OCH3 is 1. The molecule has 1 aliphatic carbocycles. The molecular formula is C22H28N4O2. The number of nitrogens with one attached hydrogen (secondary N) is 2. The molecule has 0 atom stereocenters. The summed E-state index contributed by atoms with van der Waals surface area (Å²) >= 11 is 0. The van der Waals surface area contributed by atoms with E-state index in [-0.39, 0.29) is 5.91 Å². The number of carbonyl (C=O) groups is 1. The molecule has 0 fully saturated rings. The molecule has 1 heterocycles. The number of rotatable bonds is 8. The molecule has 0 aliphatic heterocycles. The zero-order chi connectivity index (χ0) is 19.8. The summed E-state index contributed by atoms with van der Waals surface area (Å²) in [4.78, 5) is 21.3. The lowest BCUT2D eigenvalue weighted by molar-refractivity contribution is 0.0949. The Kier molecular flexibility index (Phi) is 7.00. The van der Waals surface area contributed by atoms with Crippen molar-refractivity contribution >= 4 is 11.9 Å². The number of aryl methyl sites for hydroxylation is 1. The fourth-order valence-corrected chi connectivity index (χ4v) is 3.35. The monoisotopic (exact) mass is 380 g/mol. The van der Waals surface area contributed by atoms with E-state index in [1.165, 1.54) is 18.4 Å². The van der Waals surface area contributed by atoms with Gasteiger partial charge < -0.3 is 15.4 Å². The van der Waals surface area contributed by atoms with Crippen LogP contribution in [-0.2, 0) is 6.54 Å². The molecule has 1 aromatic heterocycles. The second-order valence-electron chi connectivity index (χ2n) is 7.00. The van der Waals surface area contributed by atoms with Crippen LogP contribution in [0.15, 0.2) is 42.0 Å². The topological polar surface area (TPSA) is 76.1 Å². The number of ether oxygens (including phenoxy) is 1. The standard InChI is InChI=1S/C22H28N4O2/c1-16-14-19(21(27)23-13-12-17-8-4-3-5-9-17)26-22(25-16)24-15-18-10-6-7-11-20(18)28-2/h6-8,10-11,14H,3-5,9,12-13,15H2,1-2H3,(H,23,27)(H,24,25,26). The Hall–Kier alpha value is -2.89.